The number of ether oxygens (including phenoxy) is 1. The van der Waals surface area contributed by atoms with Gasteiger partial charge in [0.1, 0.15) is 21.0 Å². The van der Waals surface area contributed by atoms with Gasteiger partial charge in [-0.3, -0.25) is 0 Å². The molecule has 1 heterocycles. The van der Waals surface area contributed by atoms with Gasteiger partial charge in [-0.2, -0.15) is 0 Å². The summed E-state index contributed by atoms with van der Waals surface area (Å²) < 4.78 is 5.54. The maximum Gasteiger partial charge on any atom is 0.149 e. The van der Waals surface area contributed by atoms with Crippen LogP contribution in [0.15, 0.2) is 30.3 Å². The summed E-state index contributed by atoms with van der Waals surface area (Å²) in [6, 6.07) is 9.90. The number of halogens is 1. The first-order valence-corrected chi connectivity index (χ1v) is 7.44. The van der Waals surface area contributed by atoms with Gasteiger partial charge in [0.2, 0.25) is 0 Å². The van der Waals surface area contributed by atoms with Gasteiger partial charge in [-0.25, -0.2) is 0 Å². The molecule has 0 N–H and O–H groups in total. The van der Waals surface area contributed by atoms with Crippen LogP contribution in [-0.2, 0) is 10.3 Å². The van der Waals surface area contributed by atoms with Crippen molar-refractivity contribution in [1.82, 2.24) is 10.2 Å². The molecule has 2 unspecified atom stereocenters. The van der Waals surface area contributed by atoms with Gasteiger partial charge in [0.25, 0.3) is 0 Å². The minimum Gasteiger partial charge on any atom is -0.371 e. The summed E-state index contributed by atoms with van der Waals surface area (Å²) >= 11 is 7.96. The summed E-state index contributed by atoms with van der Waals surface area (Å²) in [6.07, 6.45) is 0.844. The Bertz CT molecular complexity index is 525. The molecule has 0 saturated carbocycles. The molecule has 2 aromatic rings. The van der Waals surface area contributed by atoms with E-state index in [4.69, 9.17) is 16.3 Å². The first kappa shape index (κ1) is 14.4. The Balaban J connectivity index is 2.27. The first-order chi connectivity index (χ1) is 9.10. The third kappa shape index (κ3) is 2.96. The van der Waals surface area contributed by atoms with E-state index in [2.05, 4.69) is 17.1 Å². The molecule has 0 aliphatic rings. The summed E-state index contributed by atoms with van der Waals surface area (Å²) in [6.45, 7) is 4.09. The van der Waals surface area contributed by atoms with Crippen molar-refractivity contribution in [3.8, 4) is 0 Å². The summed E-state index contributed by atoms with van der Waals surface area (Å²) in [7, 11) is 1.69. The summed E-state index contributed by atoms with van der Waals surface area (Å²) in [5.74, 6) is 0. The Hall–Kier alpha value is -0.970. The minimum atomic E-state index is -0.386. The van der Waals surface area contributed by atoms with Gasteiger partial charge in [0, 0.05) is 7.11 Å². The average molecular weight is 297 g/mol. The van der Waals surface area contributed by atoms with Gasteiger partial charge >= 0.3 is 0 Å². The van der Waals surface area contributed by atoms with E-state index >= 15 is 0 Å². The summed E-state index contributed by atoms with van der Waals surface area (Å²) in [5, 5.41) is 9.86. The van der Waals surface area contributed by atoms with E-state index in [1.54, 1.807) is 7.11 Å². The zero-order valence-electron chi connectivity index (χ0n) is 11.3. The lowest BCUT2D eigenvalue weighted by Gasteiger charge is -2.22. The molecule has 0 fully saturated rings. The maximum atomic E-state index is 6.45. The molecular weight excluding hydrogens is 280 g/mol. The van der Waals surface area contributed by atoms with E-state index in [0.29, 0.717) is 0 Å². The van der Waals surface area contributed by atoms with Crippen LogP contribution in [0.2, 0.25) is 0 Å². The lowest BCUT2D eigenvalue weighted by molar-refractivity contribution is -0.00207. The second kappa shape index (κ2) is 5.99. The Kier molecular flexibility index (Phi) is 4.55. The van der Waals surface area contributed by atoms with E-state index in [1.165, 1.54) is 11.3 Å². The number of hydrogen-bond donors (Lipinski definition) is 0. The van der Waals surface area contributed by atoms with Crippen LogP contribution in [0.5, 0.6) is 0 Å². The predicted octanol–water partition coefficient (Wildman–Crippen LogP) is 4.14. The largest absolute Gasteiger partial charge is 0.371 e. The lowest BCUT2D eigenvalue weighted by atomic mass is 10.1. The van der Waals surface area contributed by atoms with Crippen molar-refractivity contribution >= 4 is 22.9 Å². The molecule has 2 rings (SSSR count). The average Bonchev–Trinajstić information content (AvgIpc) is 2.97. The highest BCUT2D eigenvalue weighted by Crippen LogP contribution is 2.36. The van der Waals surface area contributed by atoms with Crippen molar-refractivity contribution in [2.75, 3.05) is 7.11 Å². The number of aromatic nitrogens is 2. The highest BCUT2D eigenvalue weighted by molar-refractivity contribution is 7.11. The third-order valence-electron chi connectivity index (χ3n) is 3.33. The van der Waals surface area contributed by atoms with Crippen molar-refractivity contribution < 1.29 is 4.74 Å². The Morgan fingerprint density at radius 1 is 1.32 bits per heavy atom. The molecule has 5 heteroatoms. The van der Waals surface area contributed by atoms with Crippen LogP contribution in [0, 0.1) is 0 Å². The molecule has 0 bridgehead atoms. The van der Waals surface area contributed by atoms with Crippen molar-refractivity contribution in [3.05, 3.63) is 45.9 Å². The molecule has 0 radical (unpaired) electrons. The number of rotatable bonds is 5. The van der Waals surface area contributed by atoms with Crippen LogP contribution in [0.1, 0.15) is 41.2 Å². The third-order valence-corrected chi connectivity index (χ3v) is 5.15. The van der Waals surface area contributed by atoms with Crippen LogP contribution in [0.4, 0.5) is 0 Å². The molecule has 102 valence electrons. The fraction of sp³-hybridized carbons (Fsp3) is 0.429. The smallest absolute Gasteiger partial charge is 0.149 e. The number of benzene rings is 1. The van der Waals surface area contributed by atoms with Gasteiger partial charge in [0.15, 0.2) is 0 Å². The van der Waals surface area contributed by atoms with Crippen molar-refractivity contribution in [2.24, 2.45) is 0 Å². The maximum absolute atomic E-state index is 6.45. The van der Waals surface area contributed by atoms with E-state index in [0.717, 1.165) is 22.0 Å². The monoisotopic (exact) mass is 296 g/mol. The van der Waals surface area contributed by atoms with Gasteiger partial charge < -0.3 is 4.74 Å². The van der Waals surface area contributed by atoms with Gasteiger partial charge in [0.05, 0.1) is 0 Å². The van der Waals surface area contributed by atoms with Crippen molar-refractivity contribution in [2.45, 2.75) is 31.2 Å². The van der Waals surface area contributed by atoms with E-state index < -0.39 is 0 Å². The zero-order chi connectivity index (χ0) is 13.9. The van der Waals surface area contributed by atoms with Gasteiger partial charge in [-0.1, -0.05) is 48.6 Å². The molecule has 1 aromatic heterocycles. The van der Waals surface area contributed by atoms with Gasteiger partial charge in [-0.05, 0) is 18.9 Å². The van der Waals surface area contributed by atoms with Crippen molar-refractivity contribution in [3.63, 3.8) is 0 Å². The fourth-order valence-electron chi connectivity index (χ4n) is 1.70. The molecule has 19 heavy (non-hydrogen) atoms. The quantitative estimate of drug-likeness (QED) is 0.778. The highest BCUT2D eigenvalue weighted by Gasteiger charge is 2.29. The molecule has 1 aromatic carbocycles. The van der Waals surface area contributed by atoms with Crippen LogP contribution >= 0.6 is 22.9 Å². The second-order valence-electron chi connectivity index (χ2n) is 4.51. The number of methoxy groups -OCH3 is 1. The summed E-state index contributed by atoms with van der Waals surface area (Å²) in [5.41, 5.74) is 0.644. The second-order valence-corrected chi connectivity index (χ2v) is 5.95. The van der Waals surface area contributed by atoms with E-state index in [9.17, 15) is 0 Å². The zero-order valence-corrected chi connectivity index (χ0v) is 12.8. The first-order valence-electron chi connectivity index (χ1n) is 6.18. The lowest BCUT2D eigenvalue weighted by Crippen LogP contribution is -2.22. The molecule has 0 saturated heterocycles. The van der Waals surface area contributed by atoms with Crippen LogP contribution in [0.25, 0.3) is 0 Å². The SMILES string of the molecule is CCC(C)(OC)c1nnc(C(Cl)c2ccccc2)s1. The fourth-order valence-corrected chi connectivity index (χ4v) is 3.07. The van der Waals surface area contributed by atoms with Gasteiger partial charge in [-0.15, -0.1) is 21.8 Å². The molecular formula is C14H17ClN2OS. The molecule has 0 aliphatic carbocycles. The van der Waals surface area contributed by atoms with E-state index in [1.807, 2.05) is 37.3 Å². The predicted molar refractivity (Wildman–Crippen MR) is 78.7 cm³/mol. The summed E-state index contributed by atoms with van der Waals surface area (Å²) in [4.78, 5) is 0. The standard InChI is InChI=1S/C14H17ClN2OS/c1-4-14(2,18-3)13-17-16-12(19-13)11(15)10-8-6-5-7-9-10/h5-9,11H,4H2,1-3H3. The molecule has 2 atom stereocenters. The Morgan fingerprint density at radius 2 is 2.00 bits per heavy atom. The van der Waals surface area contributed by atoms with Crippen LogP contribution in [-0.4, -0.2) is 17.3 Å². The number of alkyl halides is 1. The topological polar surface area (TPSA) is 35.0 Å². The van der Waals surface area contributed by atoms with E-state index in [-0.39, 0.29) is 11.0 Å². The molecule has 0 spiro atoms. The van der Waals surface area contributed by atoms with Crippen molar-refractivity contribution in [1.29, 1.82) is 0 Å². The molecule has 0 amide bonds. The van der Waals surface area contributed by atoms with Crippen LogP contribution in [0.3, 0.4) is 0 Å². The number of nitrogens with zero attached hydrogens (tertiary/aromatic N) is 2. The Morgan fingerprint density at radius 3 is 2.58 bits per heavy atom. The van der Waals surface area contributed by atoms with Crippen LogP contribution < -0.4 is 0 Å². The minimum absolute atomic E-state index is 0.259. The molecule has 3 nitrogen and oxygen atoms in total. The Labute approximate surface area is 122 Å². The number of hydrogen-bond acceptors (Lipinski definition) is 4. The highest BCUT2D eigenvalue weighted by atomic mass is 35.5. The normalized spacial score (nSPS) is 16.0. The molecule has 0 aliphatic heterocycles.